The molecular formula is C23H25N. The van der Waals surface area contributed by atoms with Crippen LogP contribution < -0.4 is 0 Å². The molecule has 1 aliphatic carbocycles. The van der Waals surface area contributed by atoms with Gasteiger partial charge in [-0.3, -0.25) is 4.98 Å². The van der Waals surface area contributed by atoms with Crippen molar-refractivity contribution in [2.75, 3.05) is 0 Å². The first-order chi connectivity index (χ1) is 11.5. The molecule has 2 aromatic carbocycles. The Labute approximate surface area is 144 Å². The molecule has 1 aliphatic rings. The summed E-state index contributed by atoms with van der Waals surface area (Å²) >= 11 is 0. The number of aromatic nitrogens is 1. The molecule has 0 bridgehead atoms. The average Bonchev–Trinajstić information content (AvgIpc) is 2.53. The van der Waals surface area contributed by atoms with Gasteiger partial charge in [0.1, 0.15) is 0 Å². The first-order valence-corrected chi connectivity index (χ1v) is 9.04. The molecule has 4 rings (SSSR count). The zero-order valence-corrected chi connectivity index (χ0v) is 15.1. The summed E-state index contributed by atoms with van der Waals surface area (Å²) in [7, 11) is 0. The molecule has 0 spiro atoms. The maximum absolute atomic E-state index is 4.89. The van der Waals surface area contributed by atoms with Crippen LogP contribution in [0.5, 0.6) is 0 Å². The summed E-state index contributed by atoms with van der Waals surface area (Å²) in [6.45, 7) is 8.96. The van der Waals surface area contributed by atoms with E-state index in [1.807, 2.05) is 0 Å². The lowest BCUT2D eigenvalue weighted by atomic mass is 9.83. The lowest BCUT2D eigenvalue weighted by molar-refractivity contribution is 0.648. The van der Waals surface area contributed by atoms with Gasteiger partial charge in [-0.05, 0) is 78.8 Å². The molecule has 0 radical (unpaired) electrons. The molecule has 1 nitrogen and oxygen atoms in total. The Bertz CT molecular complexity index is 934. The third-order valence-corrected chi connectivity index (χ3v) is 5.20. The number of hydrogen-bond acceptors (Lipinski definition) is 1. The minimum Gasteiger partial charge on any atom is -0.255 e. The predicted octanol–water partition coefficient (Wildman–Crippen LogP) is 5.82. The van der Waals surface area contributed by atoms with Crippen molar-refractivity contribution in [3.8, 4) is 11.3 Å². The summed E-state index contributed by atoms with van der Waals surface area (Å²) in [4.78, 5) is 4.89. The van der Waals surface area contributed by atoms with E-state index >= 15 is 0 Å². The van der Waals surface area contributed by atoms with E-state index in [-0.39, 0.29) is 0 Å². The van der Waals surface area contributed by atoms with Crippen molar-refractivity contribution < 1.29 is 0 Å². The quantitative estimate of drug-likeness (QED) is 0.581. The van der Waals surface area contributed by atoms with Crippen molar-refractivity contribution in [2.45, 2.75) is 47.0 Å². The molecule has 0 saturated carbocycles. The molecule has 24 heavy (non-hydrogen) atoms. The maximum Gasteiger partial charge on any atom is 0.0743 e. The van der Waals surface area contributed by atoms with E-state index < -0.39 is 0 Å². The van der Waals surface area contributed by atoms with Gasteiger partial charge in [0.15, 0.2) is 0 Å². The molecule has 0 N–H and O–H groups in total. The van der Waals surface area contributed by atoms with Gasteiger partial charge < -0.3 is 0 Å². The van der Waals surface area contributed by atoms with E-state index in [1.54, 1.807) is 0 Å². The molecule has 1 heteroatoms. The van der Waals surface area contributed by atoms with Gasteiger partial charge in [0.25, 0.3) is 0 Å². The van der Waals surface area contributed by atoms with Crippen molar-refractivity contribution in [1.29, 1.82) is 0 Å². The molecule has 0 unspecified atom stereocenters. The smallest absolute Gasteiger partial charge is 0.0743 e. The summed E-state index contributed by atoms with van der Waals surface area (Å²) < 4.78 is 0. The van der Waals surface area contributed by atoms with Crippen LogP contribution in [-0.4, -0.2) is 4.98 Å². The number of nitrogens with zero attached hydrogens (tertiary/aromatic N) is 1. The maximum atomic E-state index is 4.89. The van der Waals surface area contributed by atoms with Crippen molar-refractivity contribution in [3.63, 3.8) is 0 Å². The van der Waals surface area contributed by atoms with Crippen molar-refractivity contribution >= 4 is 10.8 Å². The molecule has 1 aromatic heterocycles. The number of rotatable bonds is 2. The topological polar surface area (TPSA) is 12.9 Å². The van der Waals surface area contributed by atoms with E-state index in [1.165, 1.54) is 49.8 Å². The second-order valence-electron chi connectivity index (χ2n) is 7.71. The van der Waals surface area contributed by atoms with Gasteiger partial charge in [0, 0.05) is 17.1 Å². The third-order valence-electron chi connectivity index (χ3n) is 5.20. The summed E-state index contributed by atoms with van der Waals surface area (Å²) in [5.74, 6) is 0.686. The van der Waals surface area contributed by atoms with Crippen LogP contribution in [0.1, 0.15) is 41.7 Å². The first-order valence-electron chi connectivity index (χ1n) is 9.04. The van der Waals surface area contributed by atoms with Gasteiger partial charge in [-0.25, -0.2) is 0 Å². The van der Waals surface area contributed by atoms with Crippen molar-refractivity contribution in [1.82, 2.24) is 4.98 Å². The molecule has 0 amide bonds. The Hall–Kier alpha value is -2.15. The summed E-state index contributed by atoms with van der Waals surface area (Å²) in [5.41, 5.74) is 9.62. The molecule has 0 aliphatic heterocycles. The summed E-state index contributed by atoms with van der Waals surface area (Å²) in [6, 6.07) is 11.6. The van der Waals surface area contributed by atoms with Crippen LogP contribution in [-0.2, 0) is 19.3 Å². The van der Waals surface area contributed by atoms with Crippen LogP contribution in [0.15, 0.2) is 36.5 Å². The Morgan fingerprint density at radius 1 is 1.00 bits per heavy atom. The summed E-state index contributed by atoms with van der Waals surface area (Å²) in [5, 5.41) is 2.68. The van der Waals surface area contributed by atoms with E-state index in [0.29, 0.717) is 5.92 Å². The molecule has 0 atom stereocenters. The fraction of sp³-hybridized carbons (Fsp3) is 0.348. The Morgan fingerprint density at radius 2 is 1.79 bits per heavy atom. The van der Waals surface area contributed by atoms with Gasteiger partial charge in [-0.2, -0.15) is 0 Å². The van der Waals surface area contributed by atoms with E-state index in [4.69, 9.17) is 4.98 Å². The highest BCUT2D eigenvalue weighted by Gasteiger charge is 2.21. The van der Waals surface area contributed by atoms with Crippen LogP contribution >= 0.6 is 0 Å². The van der Waals surface area contributed by atoms with Crippen LogP contribution in [0.25, 0.3) is 22.0 Å². The molecule has 122 valence electrons. The van der Waals surface area contributed by atoms with Crippen LogP contribution in [0.4, 0.5) is 0 Å². The predicted molar refractivity (Wildman–Crippen MR) is 103 cm³/mol. The minimum absolute atomic E-state index is 0.686. The Kier molecular flexibility index (Phi) is 3.68. The highest BCUT2D eigenvalue weighted by molar-refractivity contribution is 5.91. The van der Waals surface area contributed by atoms with Gasteiger partial charge in [0.2, 0.25) is 0 Å². The number of benzene rings is 2. The molecule has 0 fully saturated rings. The van der Waals surface area contributed by atoms with Crippen LogP contribution in [0.2, 0.25) is 0 Å². The fourth-order valence-corrected chi connectivity index (χ4v) is 4.21. The average molecular weight is 315 g/mol. The zero-order chi connectivity index (χ0) is 16.8. The summed E-state index contributed by atoms with van der Waals surface area (Å²) in [6.07, 6.45) is 5.43. The number of aryl methyl sites for hydroxylation is 3. The van der Waals surface area contributed by atoms with Crippen LogP contribution in [0.3, 0.4) is 0 Å². The largest absolute Gasteiger partial charge is 0.255 e. The Balaban J connectivity index is 1.90. The second-order valence-corrected chi connectivity index (χ2v) is 7.71. The van der Waals surface area contributed by atoms with E-state index in [0.717, 1.165) is 19.3 Å². The number of pyridine rings is 1. The molecule has 1 heterocycles. The van der Waals surface area contributed by atoms with Gasteiger partial charge in [0.05, 0.1) is 5.69 Å². The van der Waals surface area contributed by atoms with Crippen molar-refractivity contribution in [2.24, 2.45) is 5.92 Å². The first kappa shape index (κ1) is 15.4. The van der Waals surface area contributed by atoms with Gasteiger partial charge >= 0.3 is 0 Å². The van der Waals surface area contributed by atoms with Crippen LogP contribution in [0, 0.1) is 19.8 Å². The molecule has 0 saturated heterocycles. The SMILES string of the molecule is Cc1cc(C)c2c(c1)-c1ncc3cc(CC(C)C)ccc3c1CC2. The minimum atomic E-state index is 0.686. The second kappa shape index (κ2) is 5.73. The Morgan fingerprint density at radius 3 is 2.58 bits per heavy atom. The molecular weight excluding hydrogens is 290 g/mol. The van der Waals surface area contributed by atoms with Gasteiger partial charge in [-0.15, -0.1) is 0 Å². The van der Waals surface area contributed by atoms with E-state index in [9.17, 15) is 0 Å². The standard InChI is InChI=1S/C23H25N/c1-14(2)9-17-5-6-20-18(12-17)13-24-23-21(20)8-7-19-16(4)10-15(3)11-22(19)23/h5-6,10-14H,7-9H2,1-4H3. The lowest BCUT2D eigenvalue weighted by Crippen LogP contribution is -2.08. The monoisotopic (exact) mass is 315 g/mol. The fourth-order valence-electron chi connectivity index (χ4n) is 4.21. The van der Waals surface area contributed by atoms with E-state index in [2.05, 4.69) is 64.2 Å². The number of hydrogen-bond donors (Lipinski definition) is 0. The van der Waals surface area contributed by atoms with Crippen molar-refractivity contribution in [3.05, 3.63) is 64.3 Å². The molecule has 3 aromatic rings. The van der Waals surface area contributed by atoms with Gasteiger partial charge in [-0.1, -0.05) is 37.6 Å². The lowest BCUT2D eigenvalue weighted by Gasteiger charge is -2.23. The third kappa shape index (κ3) is 2.53. The normalized spacial score (nSPS) is 13.2. The number of fused-ring (bicyclic) bond motifs is 5. The highest BCUT2D eigenvalue weighted by atomic mass is 14.7. The highest BCUT2D eigenvalue weighted by Crippen LogP contribution is 2.38. The zero-order valence-electron chi connectivity index (χ0n) is 15.1.